The van der Waals surface area contributed by atoms with Crippen molar-refractivity contribution < 1.29 is 20.4 Å². The summed E-state index contributed by atoms with van der Waals surface area (Å²) in [5.74, 6) is -1.66. The molecule has 0 atom stereocenters. The molecule has 5 aromatic rings. The van der Waals surface area contributed by atoms with Gasteiger partial charge in [-0.3, -0.25) is 0 Å². The molecule has 0 unspecified atom stereocenters. The molecule has 4 N–H and O–H groups in total. The van der Waals surface area contributed by atoms with Gasteiger partial charge in [0.2, 0.25) is 5.75 Å². The lowest BCUT2D eigenvalue weighted by Gasteiger charge is -2.16. The lowest BCUT2D eigenvalue weighted by atomic mass is 9.89. The minimum absolute atomic E-state index is 0.135. The SMILES string of the molecule is Oc1c(O)c2ccc3cc4ccccc4c4cc(O)c(c1O)c2c34. The second kappa shape index (κ2) is 4.11. The first-order valence-corrected chi connectivity index (χ1v) is 7.54. The van der Waals surface area contributed by atoms with Crippen LogP contribution in [0.2, 0.25) is 0 Å². The molecular formula is C20H12O4. The van der Waals surface area contributed by atoms with Crippen LogP contribution in [0.25, 0.3) is 43.1 Å². The van der Waals surface area contributed by atoms with Gasteiger partial charge in [0, 0.05) is 10.8 Å². The van der Waals surface area contributed by atoms with Gasteiger partial charge in [-0.05, 0) is 45.1 Å². The Morgan fingerprint density at radius 2 is 1.29 bits per heavy atom. The Morgan fingerprint density at radius 1 is 0.500 bits per heavy atom. The van der Waals surface area contributed by atoms with Crippen molar-refractivity contribution in [1.82, 2.24) is 0 Å². The van der Waals surface area contributed by atoms with Crippen LogP contribution in [0.5, 0.6) is 23.0 Å². The lowest BCUT2D eigenvalue weighted by Crippen LogP contribution is -1.88. The Kier molecular flexibility index (Phi) is 2.24. The van der Waals surface area contributed by atoms with Gasteiger partial charge in [-0.2, -0.15) is 0 Å². The van der Waals surface area contributed by atoms with Crippen LogP contribution in [0.15, 0.2) is 48.5 Å². The summed E-state index contributed by atoms with van der Waals surface area (Å²) in [5.41, 5.74) is 0. The van der Waals surface area contributed by atoms with E-state index >= 15 is 0 Å². The molecule has 0 aliphatic carbocycles. The zero-order valence-electron chi connectivity index (χ0n) is 12.4. The highest BCUT2D eigenvalue weighted by Gasteiger charge is 2.22. The molecule has 0 aromatic heterocycles. The normalized spacial score (nSPS) is 12.0. The largest absolute Gasteiger partial charge is 0.507 e. The number of rotatable bonds is 0. The number of benzene rings is 5. The van der Waals surface area contributed by atoms with E-state index < -0.39 is 11.5 Å². The van der Waals surface area contributed by atoms with E-state index in [1.54, 1.807) is 12.1 Å². The lowest BCUT2D eigenvalue weighted by molar-refractivity contribution is 0.373. The third kappa shape index (κ3) is 1.38. The van der Waals surface area contributed by atoms with E-state index in [1.165, 1.54) is 0 Å². The Bertz CT molecular complexity index is 1290. The molecule has 4 heteroatoms. The van der Waals surface area contributed by atoms with Gasteiger partial charge < -0.3 is 20.4 Å². The molecule has 0 heterocycles. The summed E-state index contributed by atoms with van der Waals surface area (Å²) in [5, 5.41) is 46.6. The molecule has 24 heavy (non-hydrogen) atoms. The van der Waals surface area contributed by atoms with Crippen molar-refractivity contribution in [1.29, 1.82) is 0 Å². The fourth-order valence-electron chi connectivity index (χ4n) is 3.74. The zero-order chi connectivity index (χ0) is 16.6. The predicted octanol–water partition coefficient (Wildman–Crippen LogP) is 4.56. The molecule has 0 bridgehead atoms. The van der Waals surface area contributed by atoms with Crippen molar-refractivity contribution in [3.63, 3.8) is 0 Å². The van der Waals surface area contributed by atoms with E-state index in [4.69, 9.17) is 0 Å². The highest BCUT2D eigenvalue weighted by atomic mass is 16.3. The van der Waals surface area contributed by atoms with Gasteiger partial charge in [0.25, 0.3) is 0 Å². The van der Waals surface area contributed by atoms with Crippen molar-refractivity contribution in [2.24, 2.45) is 0 Å². The molecule has 0 aliphatic heterocycles. The minimum Gasteiger partial charge on any atom is -0.507 e. The maximum absolute atomic E-state index is 10.5. The molecule has 0 aliphatic rings. The van der Waals surface area contributed by atoms with E-state index in [0.29, 0.717) is 10.8 Å². The molecular weight excluding hydrogens is 304 g/mol. The number of aromatic hydroxyl groups is 4. The van der Waals surface area contributed by atoms with Crippen LogP contribution in [0.4, 0.5) is 0 Å². The Morgan fingerprint density at radius 3 is 2.12 bits per heavy atom. The standard InChI is InChI=1S/C20H12O4/c21-14-8-13-11-4-2-1-3-9(11)7-10-5-6-12-16(15(10)13)17(14)19(23)20(24)18(12)22/h1-8,21-24H. The first-order chi connectivity index (χ1) is 11.6. The molecule has 0 amide bonds. The zero-order valence-corrected chi connectivity index (χ0v) is 12.4. The molecule has 5 aromatic carbocycles. The maximum Gasteiger partial charge on any atom is 0.201 e. The quantitative estimate of drug-likeness (QED) is 0.192. The summed E-state index contributed by atoms with van der Waals surface area (Å²) < 4.78 is 0. The Balaban J connectivity index is 2.23. The molecule has 5 rings (SSSR count). The first-order valence-electron chi connectivity index (χ1n) is 7.54. The fourth-order valence-corrected chi connectivity index (χ4v) is 3.74. The molecule has 0 fully saturated rings. The molecule has 0 saturated heterocycles. The molecule has 4 nitrogen and oxygen atoms in total. The predicted molar refractivity (Wildman–Crippen MR) is 94.3 cm³/mol. The van der Waals surface area contributed by atoms with Gasteiger partial charge in [0.05, 0.1) is 5.39 Å². The second-order valence-corrected chi connectivity index (χ2v) is 6.05. The van der Waals surface area contributed by atoms with E-state index in [2.05, 4.69) is 0 Å². The van der Waals surface area contributed by atoms with E-state index in [1.807, 2.05) is 36.4 Å². The topological polar surface area (TPSA) is 80.9 Å². The van der Waals surface area contributed by atoms with Gasteiger partial charge in [-0.15, -0.1) is 0 Å². The van der Waals surface area contributed by atoms with Gasteiger partial charge >= 0.3 is 0 Å². The van der Waals surface area contributed by atoms with Crippen LogP contribution in [0.1, 0.15) is 0 Å². The summed E-state index contributed by atoms with van der Waals surface area (Å²) in [6, 6.07) is 15.0. The van der Waals surface area contributed by atoms with Crippen LogP contribution in [-0.2, 0) is 0 Å². The van der Waals surface area contributed by atoms with Crippen molar-refractivity contribution in [3.8, 4) is 23.0 Å². The third-order valence-electron chi connectivity index (χ3n) is 4.80. The summed E-state index contributed by atoms with van der Waals surface area (Å²) >= 11 is 0. The van der Waals surface area contributed by atoms with Crippen molar-refractivity contribution in [3.05, 3.63) is 48.5 Å². The number of hydrogen-bond acceptors (Lipinski definition) is 4. The minimum atomic E-state index is -0.624. The monoisotopic (exact) mass is 316 g/mol. The summed E-state index contributed by atoms with van der Waals surface area (Å²) in [4.78, 5) is 0. The highest BCUT2D eigenvalue weighted by molar-refractivity contribution is 6.32. The average Bonchev–Trinajstić information content (AvgIpc) is 2.59. The Hall–Kier alpha value is -3.40. The maximum atomic E-state index is 10.5. The van der Waals surface area contributed by atoms with Gasteiger partial charge in [-0.25, -0.2) is 0 Å². The smallest absolute Gasteiger partial charge is 0.201 e. The van der Waals surface area contributed by atoms with E-state index in [-0.39, 0.29) is 16.9 Å². The number of fused-ring (bicyclic) bond motifs is 2. The highest BCUT2D eigenvalue weighted by Crippen LogP contribution is 2.52. The van der Waals surface area contributed by atoms with Gasteiger partial charge in [0.1, 0.15) is 5.75 Å². The number of phenolic OH excluding ortho intramolecular Hbond substituents is 4. The molecule has 0 spiro atoms. The molecule has 0 radical (unpaired) electrons. The van der Waals surface area contributed by atoms with Crippen LogP contribution < -0.4 is 0 Å². The van der Waals surface area contributed by atoms with Gasteiger partial charge in [-0.1, -0.05) is 30.3 Å². The van der Waals surface area contributed by atoms with E-state index in [9.17, 15) is 20.4 Å². The molecule has 0 saturated carbocycles. The van der Waals surface area contributed by atoms with Crippen molar-refractivity contribution in [2.45, 2.75) is 0 Å². The summed E-state index contributed by atoms with van der Waals surface area (Å²) in [6.45, 7) is 0. The second-order valence-electron chi connectivity index (χ2n) is 6.05. The molecule has 116 valence electrons. The third-order valence-corrected chi connectivity index (χ3v) is 4.80. The van der Waals surface area contributed by atoms with Crippen molar-refractivity contribution >= 4 is 43.1 Å². The van der Waals surface area contributed by atoms with E-state index in [0.717, 1.165) is 26.9 Å². The first kappa shape index (κ1) is 13.1. The van der Waals surface area contributed by atoms with Crippen LogP contribution in [0.3, 0.4) is 0 Å². The van der Waals surface area contributed by atoms with Gasteiger partial charge in [0.15, 0.2) is 11.5 Å². The fraction of sp³-hybridized carbons (Fsp3) is 0. The van der Waals surface area contributed by atoms with Crippen LogP contribution in [0, 0.1) is 0 Å². The van der Waals surface area contributed by atoms with Crippen LogP contribution >= 0.6 is 0 Å². The Labute approximate surface area is 135 Å². The summed E-state index contributed by atoms with van der Waals surface area (Å²) in [6.07, 6.45) is 0. The van der Waals surface area contributed by atoms with Crippen LogP contribution in [-0.4, -0.2) is 20.4 Å². The summed E-state index contributed by atoms with van der Waals surface area (Å²) in [7, 11) is 0. The average molecular weight is 316 g/mol. The number of hydrogen-bond donors (Lipinski definition) is 4. The van der Waals surface area contributed by atoms with Crippen molar-refractivity contribution in [2.75, 3.05) is 0 Å². The number of phenols is 4.